The van der Waals surface area contributed by atoms with Crippen molar-refractivity contribution in [3.63, 3.8) is 0 Å². The lowest BCUT2D eigenvalue weighted by Gasteiger charge is -2.03. The Labute approximate surface area is 97.8 Å². The Morgan fingerprint density at radius 1 is 1.43 bits per heavy atom. The van der Waals surface area contributed by atoms with Crippen molar-refractivity contribution in [2.45, 2.75) is 40.5 Å². The quantitative estimate of drug-likeness (QED) is 0.796. The second-order valence-corrected chi connectivity index (χ2v) is 4.12. The van der Waals surface area contributed by atoms with Crippen LogP contribution in [0.5, 0.6) is 0 Å². The molecule has 2 nitrogen and oxygen atoms in total. The molecule has 0 N–H and O–H groups in total. The fraction of sp³-hybridized carbons (Fsp3) is 0.667. The van der Waals surface area contributed by atoms with Crippen LogP contribution < -0.4 is 0 Å². The average Bonchev–Trinajstić information content (AvgIpc) is 2.44. The van der Waals surface area contributed by atoms with Gasteiger partial charge in [0.15, 0.2) is 12.3 Å². The molecule has 0 atom stereocenters. The minimum absolute atomic E-state index is 0.123. The molecule has 1 aromatic heterocycles. The van der Waals surface area contributed by atoms with E-state index >= 15 is 0 Å². The summed E-state index contributed by atoms with van der Waals surface area (Å²) in [6, 6.07) is 0. The van der Waals surface area contributed by atoms with Crippen molar-refractivity contribution in [3.05, 3.63) is 15.9 Å². The third-order valence-electron chi connectivity index (χ3n) is 1.72. The molecule has 1 rings (SSSR count). The molecule has 0 aliphatic carbocycles. The van der Waals surface area contributed by atoms with Crippen molar-refractivity contribution in [1.82, 2.24) is 9.19 Å². The van der Waals surface area contributed by atoms with Crippen LogP contribution in [0.3, 0.4) is 0 Å². The molecule has 0 radical (unpaired) electrons. The van der Waals surface area contributed by atoms with Gasteiger partial charge in [-0.05, 0) is 28.8 Å². The molecule has 0 amide bonds. The van der Waals surface area contributed by atoms with Gasteiger partial charge in [-0.15, -0.1) is 3.89 Å². The summed E-state index contributed by atoms with van der Waals surface area (Å²) >= 11 is 3.42. The summed E-state index contributed by atoms with van der Waals surface area (Å²) in [7, 11) is 0. The summed E-state index contributed by atoms with van der Waals surface area (Å²) in [6.07, 6.45) is 0. The molecule has 0 saturated heterocycles. The number of halogens is 2. The molecule has 5 heteroatoms. The Morgan fingerprint density at radius 3 is 2.14 bits per heavy atom. The summed E-state index contributed by atoms with van der Waals surface area (Å²) in [5.41, 5.74) is 1.93. The molecule has 0 aliphatic rings. The van der Waals surface area contributed by atoms with E-state index in [1.54, 1.807) is 0 Å². The SMILES string of the molecule is CC.Cc1c(C(C)C)c(Br)nn1SF. The fourth-order valence-corrected chi connectivity index (χ4v) is 2.51. The van der Waals surface area contributed by atoms with E-state index in [-0.39, 0.29) is 12.3 Å². The third kappa shape index (κ3) is 2.98. The van der Waals surface area contributed by atoms with Crippen molar-refractivity contribution in [2.24, 2.45) is 0 Å². The molecule has 0 aliphatic heterocycles. The maximum atomic E-state index is 12.2. The first kappa shape index (κ1) is 14.0. The van der Waals surface area contributed by atoms with Crippen molar-refractivity contribution >= 4 is 28.3 Å². The van der Waals surface area contributed by atoms with Crippen LogP contribution in [0.15, 0.2) is 4.60 Å². The lowest BCUT2D eigenvalue weighted by molar-refractivity contribution is 0.841. The van der Waals surface area contributed by atoms with E-state index in [2.05, 4.69) is 34.9 Å². The number of aromatic nitrogens is 2. The van der Waals surface area contributed by atoms with E-state index in [1.165, 1.54) is 4.09 Å². The average molecular weight is 283 g/mol. The maximum Gasteiger partial charge on any atom is 0.187 e. The first-order chi connectivity index (χ1) is 6.57. The van der Waals surface area contributed by atoms with Gasteiger partial charge in [0.05, 0.1) is 5.69 Å². The summed E-state index contributed by atoms with van der Waals surface area (Å²) in [5, 5.41) is 3.97. The zero-order valence-electron chi connectivity index (χ0n) is 9.14. The van der Waals surface area contributed by atoms with Gasteiger partial charge in [0.2, 0.25) is 0 Å². The van der Waals surface area contributed by atoms with Gasteiger partial charge in [-0.2, -0.15) is 9.19 Å². The predicted molar refractivity (Wildman–Crippen MR) is 64.2 cm³/mol. The summed E-state index contributed by atoms with van der Waals surface area (Å²) in [4.78, 5) is 0. The summed E-state index contributed by atoms with van der Waals surface area (Å²) in [6.45, 7) is 9.98. The van der Waals surface area contributed by atoms with Gasteiger partial charge in [0.25, 0.3) is 0 Å². The molecule has 0 aromatic carbocycles. The lowest BCUT2D eigenvalue weighted by Crippen LogP contribution is -1.92. The van der Waals surface area contributed by atoms with E-state index in [0.29, 0.717) is 5.92 Å². The first-order valence-corrected chi connectivity index (χ1v) is 6.08. The molecule has 82 valence electrons. The minimum Gasteiger partial charge on any atom is -0.180 e. The lowest BCUT2D eigenvalue weighted by atomic mass is 10.1. The Morgan fingerprint density at radius 2 is 1.93 bits per heavy atom. The number of rotatable bonds is 2. The van der Waals surface area contributed by atoms with Crippen molar-refractivity contribution in [2.75, 3.05) is 0 Å². The van der Waals surface area contributed by atoms with Crippen LogP contribution >= 0.6 is 28.3 Å². The van der Waals surface area contributed by atoms with Gasteiger partial charge < -0.3 is 0 Å². The van der Waals surface area contributed by atoms with Crippen LogP contribution in [0.4, 0.5) is 3.89 Å². The van der Waals surface area contributed by atoms with Crippen LogP contribution in [-0.2, 0) is 0 Å². The topological polar surface area (TPSA) is 17.8 Å². The van der Waals surface area contributed by atoms with Gasteiger partial charge in [0, 0.05) is 5.56 Å². The van der Waals surface area contributed by atoms with Crippen molar-refractivity contribution < 1.29 is 3.89 Å². The second kappa shape index (κ2) is 6.45. The predicted octanol–water partition coefficient (Wildman–Crippen LogP) is 4.48. The van der Waals surface area contributed by atoms with Crippen LogP contribution in [0.2, 0.25) is 0 Å². The number of hydrogen-bond donors (Lipinski definition) is 0. The number of nitrogens with zero attached hydrogens (tertiary/aromatic N) is 2. The zero-order valence-corrected chi connectivity index (χ0v) is 11.5. The third-order valence-corrected chi connectivity index (χ3v) is 2.79. The molecule has 0 saturated carbocycles. The van der Waals surface area contributed by atoms with Crippen molar-refractivity contribution in [1.29, 1.82) is 0 Å². The van der Waals surface area contributed by atoms with Crippen molar-refractivity contribution in [3.8, 4) is 0 Å². The van der Waals surface area contributed by atoms with Crippen LogP contribution in [0.1, 0.15) is 44.9 Å². The van der Waals surface area contributed by atoms with E-state index < -0.39 is 0 Å². The Hall–Kier alpha value is -0.0300. The highest BCUT2D eigenvalue weighted by molar-refractivity contribution is 9.10. The zero-order chi connectivity index (χ0) is 11.3. The van der Waals surface area contributed by atoms with Gasteiger partial charge in [-0.3, -0.25) is 0 Å². The molecule has 14 heavy (non-hydrogen) atoms. The normalized spacial score (nSPS) is 10.0. The smallest absolute Gasteiger partial charge is 0.180 e. The van der Waals surface area contributed by atoms with Gasteiger partial charge in [-0.25, -0.2) is 0 Å². The van der Waals surface area contributed by atoms with Gasteiger partial charge in [0.1, 0.15) is 4.60 Å². The largest absolute Gasteiger partial charge is 0.187 e. The molecule has 0 spiro atoms. The molecule has 0 fully saturated rings. The van der Waals surface area contributed by atoms with Gasteiger partial charge in [-0.1, -0.05) is 27.7 Å². The highest BCUT2D eigenvalue weighted by atomic mass is 79.9. The van der Waals surface area contributed by atoms with E-state index in [9.17, 15) is 3.89 Å². The maximum absolute atomic E-state index is 12.2. The highest BCUT2D eigenvalue weighted by Crippen LogP contribution is 2.29. The molecule has 1 heterocycles. The Bertz CT molecular complexity index is 287. The minimum atomic E-state index is 0.123. The molecule has 0 unspecified atom stereocenters. The van der Waals surface area contributed by atoms with E-state index in [4.69, 9.17) is 0 Å². The van der Waals surface area contributed by atoms with E-state index in [1.807, 2.05) is 20.8 Å². The highest BCUT2D eigenvalue weighted by Gasteiger charge is 2.15. The molecule has 1 aromatic rings. The first-order valence-electron chi connectivity index (χ1n) is 4.62. The van der Waals surface area contributed by atoms with Crippen LogP contribution in [0, 0.1) is 6.92 Å². The molecule has 0 bridgehead atoms. The Balaban J connectivity index is 0.000000791. The number of hydrogen-bond acceptors (Lipinski definition) is 2. The second-order valence-electron chi connectivity index (χ2n) is 2.89. The molecular weight excluding hydrogens is 267 g/mol. The summed E-state index contributed by atoms with van der Waals surface area (Å²) in [5.74, 6) is 0.361. The summed E-state index contributed by atoms with van der Waals surface area (Å²) < 4.78 is 14.3. The fourth-order valence-electron chi connectivity index (χ4n) is 1.18. The molecular formula is C9H16BrFN2S. The van der Waals surface area contributed by atoms with E-state index in [0.717, 1.165) is 15.9 Å². The van der Waals surface area contributed by atoms with Crippen LogP contribution in [0.25, 0.3) is 0 Å². The monoisotopic (exact) mass is 282 g/mol. The standard InChI is InChI=1S/C7H10BrFN2S.C2H6/c1-4(2)6-5(3)11(12-9)10-7(6)8;1-2/h4H,1-3H3;1-2H3. The van der Waals surface area contributed by atoms with Gasteiger partial charge >= 0.3 is 0 Å². The van der Waals surface area contributed by atoms with Crippen LogP contribution in [-0.4, -0.2) is 9.19 Å². The Kier molecular flexibility index (Phi) is 6.44.